The van der Waals surface area contributed by atoms with Gasteiger partial charge in [0.05, 0.1) is 0 Å². The Kier molecular flexibility index (Phi) is 6.01. The number of pyridine rings is 1. The van der Waals surface area contributed by atoms with Crippen LogP contribution in [-0.4, -0.2) is 42.2 Å². The summed E-state index contributed by atoms with van der Waals surface area (Å²) in [5, 5.41) is 12.1. The maximum absolute atomic E-state index is 12.1. The van der Waals surface area contributed by atoms with E-state index in [9.17, 15) is 4.79 Å². The highest BCUT2D eigenvalue weighted by Gasteiger charge is 2.20. The second-order valence-electron chi connectivity index (χ2n) is 9.02. The molecule has 5 rings (SSSR count). The largest absolute Gasteiger partial charge is 0.396 e. The number of aliphatic hydroxyl groups is 1. The van der Waals surface area contributed by atoms with Crippen molar-refractivity contribution in [2.24, 2.45) is 5.92 Å². The van der Waals surface area contributed by atoms with Crippen LogP contribution in [-0.2, 0) is 6.42 Å². The van der Waals surface area contributed by atoms with Crippen molar-refractivity contribution in [3.63, 3.8) is 0 Å². The molecule has 3 heterocycles. The Balaban J connectivity index is 1.37. The van der Waals surface area contributed by atoms with E-state index in [0.717, 1.165) is 72.2 Å². The highest BCUT2D eigenvalue weighted by molar-refractivity contribution is 5.97. The first-order chi connectivity index (χ1) is 16.1. The molecule has 0 atom stereocenters. The van der Waals surface area contributed by atoms with Crippen LogP contribution in [0.3, 0.4) is 0 Å². The maximum Gasteiger partial charge on any atom is 0.251 e. The minimum absolute atomic E-state index is 0.0136. The van der Waals surface area contributed by atoms with E-state index in [2.05, 4.69) is 51.6 Å². The maximum atomic E-state index is 12.1. The zero-order chi connectivity index (χ0) is 22.8. The van der Waals surface area contributed by atoms with Crippen LogP contribution >= 0.6 is 0 Å². The number of nitrogens with zero attached hydrogens (tertiary/aromatic N) is 2. The summed E-state index contributed by atoms with van der Waals surface area (Å²) in [4.78, 5) is 19.0. The van der Waals surface area contributed by atoms with Gasteiger partial charge in [-0.05, 0) is 72.6 Å². The number of nitrogens with two attached hydrogens (primary N) is 1. The number of rotatable bonds is 5. The highest BCUT2D eigenvalue weighted by Crippen LogP contribution is 2.33. The molecule has 6 heteroatoms. The molecule has 1 aromatic heterocycles. The third kappa shape index (κ3) is 4.44. The third-order valence-electron chi connectivity index (χ3n) is 6.98. The van der Waals surface area contributed by atoms with Crippen molar-refractivity contribution in [2.75, 3.05) is 36.9 Å². The second kappa shape index (κ2) is 9.24. The molecule has 1 saturated heterocycles. The Hall–Kier alpha value is -3.38. The minimum atomic E-state index is -0.0136. The van der Waals surface area contributed by atoms with Crippen LogP contribution in [0.2, 0.25) is 0 Å². The average molecular weight is 443 g/mol. The van der Waals surface area contributed by atoms with E-state index in [1.165, 1.54) is 5.69 Å². The number of carbonyl (C=O) groups is 1. The molecule has 0 aliphatic carbocycles. The van der Waals surface area contributed by atoms with Gasteiger partial charge >= 0.3 is 0 Å². The first kappa shape index (κ1) is 21.5. The molecule has 2 aromatic carbocycles. The summed E-state index contributed by atoms with van der Waals surface area (Å²) in [5.41, 5.74) is 13.3. The number of aromatic nitrogens is 1. The van der Waals surface area contributed by atoms with Crippen molar-refractivity contribution in [3.8, 4) is 22.3 Å². The summed E-state index contributed by atoms with van der Waals surface area (Å²) in [5.74, 6) is 1.12. The van der Waals surface area contributed by atoms with Crippen molar-refractivity contribution in [1.29, 1.82) is 0 Å². The van der Waals surface area contributed by atoms with E-state index in [1.54, 1.807) is 0 Å². The summed E-state index contributed by atoms with van der Waals surface area (Å²) < 4.78 is 0. The SMILES string of the molecule is Nc1ncc(-c2ccc(N3CCC(CCO)CC3)cc2)cc1-c1ccc2c(c1)CCNC2=O. The molecule has 170 valence electrons. The number of amides is 1. The number of carbonyl (C=O) groups excluding carboxylic acids is 1. The van der Waals surface area contributed by atoms with Gasteiger partial charge < -0.3 is 21.1 Å². The van der Waals surface area contributed by atoms with E-state index in [1.807, 2.05) is 18.3 Å². The summed E-state index contributed by atoms with van der Waals surface area (Å²) in [6.45, 7) is 3.02. The molecule has 0 unspecified atom stereocenters. The third-order valence-corrected chi connectivity index (χ3v) is 6.98. The smallest absolute Gasteiger partial charge is 0.251 e. The fraction of sp³-hybridized carbons (Fsp3) is 0.333. The monoisotopic (exact) mass is 442 g/mol. The summed E-state index contributed by atoms with van der Waals surface area (Å²) in [6.07, 6.45) is 5.82. The molecule has 2 aliphatic heterocycles. The predicted molar refractivity (Wildman–Crippen MR) is 132 cm³/mol. The Morgan fingerprint density at radius 3 is 2.52 bits per heavy atom. The molecular formula is C27H30N4O2. The fourth-order valence-corrected chi connectivity index (χ4v) is 4.99. The first-order valence-corrected chi connectivity index (χ1v) is 11.8. The van der Waals surface area contributed by atoms with Gasteiger partial charge in [0.15, 0.2) is 0 Å². The van der Waals surface area contributed by atoms with E-state index < -0.39 is 0 Å². The van der Waals surface area contributed by atoms with E-state index >= 15 is 0 Å². The molecular weight excluding hydrogens is 412 g/mol. The number of fused-ring (bicyclic) bond motifs is 1. The summed E-state index contributed by atoms with van der Waals surface area (Å²) in [7, 11) is 0. The molecule has 0 saturated carbocycles. The molecule has 0 radical (unpaired) electrons. The number of anilines is 2. The summed E-state index contributed by atoms with van der Waals surface area (Å²) in [6, 6.07) is 16.6. The van der Waals surface area contributed by atoms with Gasteiger partial charge in [-0.25, -0.2) is 4.98 Å². The van der Waals surface area contributed by atoms with Gasteiger partial charge in [-0.15, -0.1) is 0 Å². The fourth-order valence-electron chi connectivity index (χ4n) is 4.99. The van der Waals surface area contributed by atoms with Crippen LogP contribution in [0, 0.1) is 5.92 Å². The molecule has 4 N–H and O–H groups in total. The van der Waals surface area contributed by atoms with Gasteiger partial charge in [-0.3, -0.25) is 4.79 Å². The number of aliphatic hydroxyl groups excluding tert-OH is 1. The zero-order valence-corrected chi connectivity index (χ0v) is 18.8. The number of hydrogen-bond donors (Lipinski definition) is 3. The summed E-state index contributed by atoms with van der Waals surface area (Å²) >= 11 is 0. The van der Waals surface area contributed by atoms with Gasteiger partial charge in [0.2, 0.25) is 0 Å². The predicted octanol–water partition coefficient (Wildman–Crippen LogP) is 3.88. The first-order valence-electron chi connectivity index (χ1n) is 11.8. The van der Waals surface area contributed by atoms with Crippen molar-refractivity contribution in [3.05, 3.63) is 65.9 Å². The number of piperidine rings is 1. The number of nitrogens with one attached hydrogen (secondary N) is 1. The van der Waals surface area contributed by atoms with E-state index in [-0.39, 0.29) is 12.5 Å². The van der Waals surface area contributed by atoms with Crippen LogP contribution in [0.15, 0.2) is 54.7 Å². The second-order valence-corrected chi connectivity index (χ2v) is 9.02. The minimum Gasteiger partial charge on any atom is -0.396 e. The lowest BCUT2D eigenvalue weighted by molar-refractivity contribution is 0.0946. The van der Waals surface area contributed by atoms with Gasteiger partial charge in [0, 0.05) is 54.8 Å². The Morgan fingerprint density at radius 1 is 1.00 bits per heavy atom. The average Bonchev–Trinajstić information content (AvgIpc) is 2.85. The lowest BCUT2D eigenvalue weighted by Crippen LogP contribution is -2.33. The highest BCUT2D eigenvalue weighted by atomic mass is 16.3. The van der Waals surface area contributed by atoms with Crippen molar-refractivity contribution >= 4 is 17.4 Å². The van der Waals surface area contributed by atoms with Crippen LogP contribution in [0.4, 0.5) is 11.5 Å². The van der Waals surface area contributed by atoms with Crippen molar-refractivity contribution < 1.29 is 9.90 Å². The van der Waals surface area contributed by atoms with Gasteiger partial charge in [0.25, 0.3) is 5.91 Å². The lowest BCUT2D eigenvalue weighted by Gasteiger charge is -2.33. The molecule has 3 aromatic rings. The normalized spacial score (nSPS) is 16.4. The molecule has 0 spiro atoms. The van der Waals surface area contributed by atoms with Crippen LogP contribution in [0.5, 0.6) is 0 Å². The van der Waals surface area contributed by atoms with E-state index in [4.69, 9.17) is 10.8 Å². The molecule has 0 bridgehead atoms. The number of benzene rings is 2. The Bertz CT molecular complexity index is 1150. The standard InChI is InChI=1S/C27H30N4O2/c28-26-25(20-3-6-24-21(15-20)7-11-29-27(24)33)16-22(17-30-26)19-1-4-23(5-2-19)31-12-8-18(9-13-31)10-14-32/h1-6,15-18,32H,7-14H2,(H2,28,30)(H,29,33). The quantitative estimate of drug-likeness (QED) is 0.558. The topological polar surface area (TPSA) is 91.5 Å². The molecule has 2 aliphatic rings. The Labute approximate surface area is 194 Å². The number of nitrogen functional groups attached to an aromatic ring is 1. The zero-order valence-electron chi connectivity index (χ0n) is 18.8. The number of hydrogen-bond acceptors (Lipinski definition) is 5. The van der Waals surface area contributed by atoms with Crippen LogP contribution < -0.4 is 16.0 Å². The van der Waals surface area contributed by atoms with Crippen molar-refractivity contribution in [1.82, 2.24) is 10.3 Å². The molecule has 33 heavy (non-hydrogen) atoms. The molecule has 6 nitrogen and oxygen atoms in total. The van der Waals surface area contributed by atoms with Crippen molar-refractivity contribution in [2.45, 2.75) is 25.7 Å². The van der Waals surface area contributed by atoms with Gasteiger partial charge in [-0.2, -0.15) is 0 Å². The van der Waals surface area contributed by atoms with Crippen LogP contribution in [0.1, 0.15) is 35.2 Å². The molecule has 1 fully saturated rings. The van der Waals surface area contributed by atoms with Gasteiger partial charge in [-0.1, -0.05) is 24.3 Å². The van der Waals surface area contributed by atoms with E-state index in [0.29, 0.717) is 18.3 Å². The van der Waals surface area contributed by atoms with Crippen LogP contribution in [0.25, 0.3) is 22.3 Å². The lowest BCUT2D eigenvalue weighted by atomic mass is 9.93. The Morgan fingerprint density at radius 2 is 1.76 bits per heavy atom. The van der Waals surface area contributed by atoms with Gasteiger partial charge in [0.1, 0.15) is 5.82 Å². The molecule has 1 amide bonds.